The highest BCUT2D eigenvalue weighted by Crippen LogP contribution is 2.44. The van der Waals surface area contributed by atoms with E-state index in [2.05, 4.69) is 20.0 Å². The zero-order valence-corrected chi connectivity index (χ0v) is 32.2. The highest BCUT2D eigenvalue weighted by atomic mass is 35.5. The van der Waals surface area contributed by atoms with Crippen molar-refractivity contribution in [2.24, 2.45) is 5.41 Å². The molecule has 1 aromatic carbocycles. The van der Waals surface area contributed by atoms with E-state index in [1.807, 2.05) is 18.7 Å². The van der Waals surface area contributed by atoms with Gasteiger partial charge in [0.2, 0.25) is 0 Å². The number of rotatable bonds is 4. The van der Waals surface area contributed by atoms with Gasteiger partial charge in [-0.15, -0.1) is 0 Å². The van der Waals surface area contributed by atoms with E-state index in [1.54, 1.807) is 18.8 Å². The van der Waals surface area contributed by atoms with Gasteiger partial charge < -0.3 is 24.0 Å². The number of hydrogen-bond donors (Lipinski definition) is 0. The SMILES string of the molecule is CC.COc1nc2c(c(N3Cc4c(Cl)c(C(=O)N(C)C)nn4CC4(COC4)C3)n1)COC(c1c(C(F)(F)F)ccc(C)c1F)C2.FC1CC2CCCN2C1. The molecule has 296 valence electrons. The first-order valence-corrected chi connectivity index (χ1v) is 18.6. The molecule has 5 aliphatic heterocycles. The topological polar surface area (TPSA) is 98.1 Å². The van der Waals surface area contributed by atoms with Crippen LogP contribution in [-0.4, -0.2) is 102 Å². The molecule has 1 amide bonds. The maximum atomic E-state index is 15.2. The van der Waals surface area contributed by atoms with Crippen molar-refractivity contribution in [1.82, 2.24) is 29.5 Å². The van der Waals surface area contributed by atoms with Gasteiger partial charge in [0.05, 0.1) is 73.5 Å². The Morgan fingerprint density at radius 1 is 1.15 bits per heavy atom. The number of anilines is 1. The van der Waals surface area contributed by atoms with E-state index in [0.29, 0.717) is 61.7 Å². The van der Waals surface area contributed by atoms with Gasteiger partial charge in [0.25, 0.3) is 5.91 Å². The second-order valence-electron chi connectivity index (χ2n) is 14.6. The Morgan fingerprint density at radius 2 is 1.89 bits per heavy atom. The molecule has 8 rings (SSSR count). The summed E-state index contributed by atoms with van der Waals surface area (Å²) in [5.41, 5.74) is -0.255. The van der Waals surface area contributed by atoms with E-state index in [9.17, 15) is 22.4 Å². The molecule has 11 nitrogen and oxygen atoms in total. The highest BCUT2D eigenvalue weighted by Gasteiger charge is 2.46. The van der Waals surface area contributed by atoms with E-state index >= 15 is 4.39 Å². The number of ether oxygens (including phenoxy) is 3. The Morgan fingerprint density at radius 3 is 2.52 bits per heavy atom. The van der Waals surface area contributed by atoms with E-state index < -0.39 is 35.4 Å². The van der Waals surface area contributed by atoms with Crippen LogP contribution in [0.1, 0.15) is 83.3 Å². The van der Waals surface area contributed by atoms with Crippen molar-refractivity contribution in [1.29, 1.82) is 0 Å². The van der Waals surface area contributed by atoms with Crippen LogP contribution in [0.2, 0.25) is 5.02 Å². The number of nitrogens with zero attached hydrogens (tertiary/aromatic N) is 7. The first-order chi connectivity index (χ1) is 25.7. The molecular weight excluding hydrogens is 737 g/mol. The molecular formula is C37H47ClF5N7O4. The maximum absolute atomic E-state index is 15.2. The van der Waals surface area contributed by atoms with Crippen LogP contribution in [0, 0.1) is 18.2 Å². The van der Waals surface area contributed by atoms with Gasteiger partial charge in [-0.2, -0.15) is 28.2 Å². The molecule has 1 spiro atoms. The van der Waals surface area contributed by atoms with E-state index in [-0.39, 0.29) is 53.2 Å². The molecule has 5 aliphatic rings. The zero-order chi connectivity index (χ0) is 39.1. The zero-order valence-electron chi connectivity index (χ0n) is 31.4. The molecule has 3 saturated heterocycles. The summed E-state index contributed by atoms with van der Waals surface area (Å²) in [6, 6.07) is 2.59. The molecule has 3 fully saturated rings. The summed E-state index contributed by atoms with van der Waals surface area (Å²) in [7, 11) is 4.62. The fraction of sp³-hybridized carbons (Fsp3) is 0.622. The largest absolute Gasteiger partial charge is 0.467 e. The second-order valence-corrected chi connectivity index (χ2v) is 14.9. The van der Waals surface area contributed by atoms with E-state index in [0.717, 1.165) is 25.1 Å². The number of carbonyl (C=O) groups is 1. The molecule has 0 aliphatic carbocycles. The van der Waals surface area contributed by atoms with Crippen LogP contribution in [0.4, 0.5) is 27.8 Å². The summed E-state index contributed by atoms with van der Waals surface area (Å²) in [5.74, 6) is -0.855. The lowest BCUT2D eigenvalue weighted by Gasteiger charge is -2.43. The number of aryl methyl sites for hydroxylation is 1. The van der Waals surface area contributed by atoms with Gasteiger partial charge >= 0.3 is 12.2 Å². The number of carbonyl (C=O) groups excluding carboxylic acids is 1. The van der Waals surface area contributed by atoms with Crippen molar-refractivity contribution in [2.45, 2.75) is 90.6 Å². The second kappa shape index (κ2) is 15.9. The molecule has 2 aromatic heterocycles. The molecule has 3 unspecified atom stereocenters. The van der Waals surface area contributed by atoms with Gasteiger partial charge in [0, 0.05) is 50.8 Å². The van der Waals surface area contributed by atoms with Gasteiger partial charge in [0.15, 0.2) is 5.69 Å². The standard InChI is InChI=1S/C28H29ClF4N6O4.C7H12FN.C2H6/c1-14-5-6-16(28(31,32)33)20(22(14)30)19-7-17-15(9-43-19)24(35-26(34-17)41-4)38-8-18-21(29)23(25(40)37(2)3)36-39(18)11-27(10-38)12-42-13-27;8-6-4-7-2-1-3-9(7)5-6;1-2/h5-6,19H,7-13H2,1-4H3;6-7H,1-5H2;1-2H3. The third-order valence-electron chi connectivity index (χ3n) is 10.6. The van der Waals surface area contributed by atoms with Crippen LogP contribution >= 0.6 is 11.6 Å². The van der Waals surface area contributed by atoms with E-state index in [4.69, 9.17) is 25.8 Å². The van der Waals surface area contributed by atoms with Gasteiger partial charge in [0.1, 0.15) is 17.8 Å². The molecule has 3 atom stereocenters. The summed E-state index contributed by atoms with van der Waals surface area (Å²) in [6.07, 6.45) is -3.33. The van der Waals surface area contributed by atoms with Crippen LogP contribution in [0.25, 0.3) is 0 Å². The van der Waals surface area contributed by atoms with Gasteiger partial charge in [-0.05, 0) is 44.4 Å². The molecule has 3 aromatic rings. The van der Waals surface area contributed by atoms with Crippen molar-refractivity contribution < 1.29 is 41.0 Å². The average Bonchev–Trinajstić information content (AvgIpc) is 3.76. The fourth-order valence-corrected chi connectivity index (χ4v) is 8.17. The number of methoxy groups -OCH3 is 1. The Balaban J connectivity index is 0.000000388. The average molecular weight is 784 g/mol. The lowest BCUT2D eigenvalue weighted by molar-refractivity contribution is -0.140. The molecule has 0 bridgehead atoms. The quantitative estimate of drug-likeness (QED) is 0.272. The number of hydrogen-bond acceptors (Lipinski definition) is 9. The van der Waals surface area contributed by atoms with Crippen LogP contribution in [0.3, 0.4) is 0 Å². The minimum absolute atomic E-state index is 0.00129. The number of benzene rings is 1. The lowest BCUT2D eigenvalue weighted by atomic mass is 9.85. The number of aromatic nitrogens is 4. The summed E-state index contributed by atoms with van der Waals surface area (Å²) >= 11 is 6.73. The van der Waals surface area contributed by atoms with Crippen LogP contribution in [0.5, 0.6) is 6.01 Å². The van der Waals surface area contributed by atoms with Crippen molar-refractivity contribution in [3.8, 4) is 6.01 Å². The van der Waals surface area contributed by atoms with Crippen LogP contribution in [0.15, 0.2) is 12.1 Å². The summed E-state index contributed by atoms with van der Waals surface area (Å²) in [6.45, 7) is 9.12. The third kappa shape index (κ3) is 7.76. The highest BCUT2D eigenvalue weighted by molar-refractivity contribution is 6.34. The first kappa shape index (κ1) is 40.1. The minimum atomic E-state index is -4.78. The van der Waals surface area contributed by atoms with Gasteiger partial charge in [-0.25, -0.2) is 8.78 Å². The Hall–Kier alpha value is -3.60. The first-order valence-electron chi connectivity index (χ1n) is 18.3. The Kier molecular flexibility index (Phi) is 11.8. The molecule has 0 radical (unpaired) electrons. The molecule has 0 saturated carbocycles. The van der Waals surface area contributed by atoms with Crippen LogP contribution < -0.4 is 9.64 Å². The normalized spacial score (nSPS) is 22.8. The molecule has 0 N–H and O–H groups in total. The monoisotopic (exact) mass is 783 g/mol. The number of alkyl halides is 4. The predicted molar refractivity (Wildman–Crippen MR) is 191 cm³/mol. The predicted octanol–water partition coefficient (Wildman–Crippen LogP) is 6.57. The molecule has 17 heteroatoms. The maximum Gasteiger partial charge on any atom is 0.416 e. The van der Waals surface area contributed by atoms with E-state index in [1.165, 1.54) is 31.8 Å². The lowest BCUT2D eigenvalue weighted by Crippen LogP contribution is -2.52. The minimum Gasteiger partial charge on any atom is -0.467 e. The number of amides is 1. The number of halogens is 6. The van der Waals surface area contributed by atoms with Crippen molar-refractivity contribution in [3.05, 3.63) is 62.3 Å². The summed E-state index contributed by atoms with van der Waals surface area (Å²) in [5, 5.41) is 4.77. The van der Waals surface area contributed by atoms with Gasteiger partial charge in [-0.1, -0.05) is 31.5 Å². The number of fused-ring (bicyclic) bond motifs is 3. The molecule has 7 heterocycles. The fourth-order valence-electron chi connectivity index (χ4n) is 7.90. The Bertz CT molecular complexity index is 1840. The molecule has 54 heavy (non-hydrogen) atoms. The van der Waals surface area contributed by atoms with Gasteiger partial charge in [-0.3, -0.25) is 14.4 Å². The third-order valence-corrected chi connectivity index (χ3v) is 11.0. The Labute approximate surface area is 316 Å². The summed E-state index contributed by atoms with van der Waals surface area (Å²) < 4.78 is 88.2. The van der Waals surface area contributed by atoms with Crippen molar-refractivity contribution in [3.63, 3.8) is 0 Å². The smallest absolute Gasteiger partial charge is 0.416 e. The van der Waals surface area contributed by atoms with Crippen molar-refractivity contribution in [2.75, 3.05) is 59.0 Å². The summed E-state index contributed by atoms with van der Waals surface area (Å²) in [4.78, 5) is 27.5. The van der Waals surface area contributed by atoms with Crippen molar-refractivity contribution >= 4 is 23.3 Å². The van der Waals surface area contributed by atoms with Crippen LogP contribution in [-0.2, 0) is 41.8 Å².